The summed E-state index contributed by atoms with van der Waals surface area (Å²) in [6.07, 6.45) is 8.11. The van der Waals surface area contributed by atoms with E-state index in [9.17, 15) is 14.4 Å². The van der Waals surface area contributed by atoms with E-state index in [0.29, 0.717) is 50.5 Å². The highest BCUT2D eigenvalue weighted by atomic mass is 16.2. The van der Waals surface area contributed by atoms with Crippen LogP contribution in [0.5, 0.6) is 0 Å². The van der Waals surface area contributed by atoms with Gasteiger partial charge in [0.05, 0.1) is 11.4 Å². The summed E-state index contributed by atoms with van der Waals surface area (Å²) in [4.78, 5) is 50.5. The zero-order valence-electron chi connectivity index (χ0n) is 23.3. The van der Waals surface area contributed by atoms with Crippen LogP contribution in [0.25, 0.3) is 0 Å². The lowest BCUT2D eigenvalue weighted by molar-refractivity contribution is -0.137. The predicted octanol–water partition coefficient (Wildman–Crippen LogP) is 2.53. The molecule has 2 aromatic rings. The van der Waals surface area contributed by atoms with Gasteiger partial charge < -0.3 is 26.2 Å². The molecule has 3 amide bonds. The van der Waals surface area contributed by atoms with Crippen LogP contribution < -0.4 is 16.4 Å². The number of benzene rings is 1. The zero-order valence-corrected chi connectivity index (χ0v) is 23.3. The molecule has 0 saturated heterocycles. The lowest BCUT2D eigenvalue weighted by Crippen LogP contribution is -2.49. The number of hydrogen-bond donors (Lipinski definition) is 3. The number of likely N-dealkylation sites (N-methyl/N-ethyl adjacent to an activating group) is 2. The van der Waals surface area contributed by atoms with Crippen molar-refractivity contribution in [1.82, 2.24) is 25.1 Å². The SMILES string of the molecule is CCc1nc(C(N)=O)c(Nc2cccc(CCNC(=O)C3(N(C)C(=O)/C=C/CN(C)C)CC3)c2)nc1C1CC1. The number of carbonyl (C=O) groups is 3. The fraction of sp³-hybridized carbons (Fsp3) is 0.483. The molecule has 0 aliphatic heterocycles. The summed E-state index contributed by atoms with van der Waals surface area (Å²) in [6.45, 7) is 3.10. The van der Waals surface area contributed by atoms with Crippen molar-refractivity contribution in [3.05, 3.63) is 59.1 Å². The maximum atomic E-state index is 13.0. The summed E-state index contributed by atoms with van der Waals surface area (Å²) >= 11 is 0. The molecule has 4 rings (SSSR count). The van der Waals surface area contributed by atoms with E-state index in [1.165, 1.54) is 6.08 Å². The third-order valence-corrected chi connectivity index (χ3v) is 7.27. The first-order valence-corrected chi connectivity index (χ1v) is 13.6. The van der Waals surface area contributed by atoms with Gasteiger partial charge in [0.1, 0.15) is 5.54 Å². The van der Waals surface area contributed by atoms with Crippen molar-refractivity contribution < 1.29 is 14.4 Å². The molecule has 0 atom stereocenters. The minimum Gasteiger partial charge on any atom is -0.364 e. The number of nitrogens with one attached hydrogen (secondary N) is 2. The molecule has 10 heteroatoms. The molecule has 1 aromatic carbocycles. The number of carbonyl (C=O) groups excluding carboxylic acids is 3. The highest BCUT2D eigenvalue weighted by Crippen LogP contribution is 2.42. The third kappa shape index (κ3) is 6.81. The number of amides is 3. The molecule has 39 heavy (non-hydrogen) atoms. The summed E-state index contributed by atoms with van der Waals surface area (Å²) in [7, 11) is 5.55. The van der Waals surface area contributed by atoms with Gasteiger partial charge in [-0.15, -0.1) is 0 Å². The number of nitrogens with zero attached hydrogens (tertiary/aromatic N) is 4. The van der Waals surface area contributed by atoms with E-state index in [2.05, 4.69) is 15.6 Å². The molecule has 0 radical (unpaired) electrons. The van der Waals surface area contributed by atoms with Gasteiger partial charge in [-0.05, 0) is 70.3 Å². The molecule has 0 unspecified atom stereocenters. The van der Waals surface area contributed by atoms with E-state index in [1.54, 1.807) is 18.0 Å². The lowest BCUT2D eigenvalue weighted by atomic mass is 10.1. The Labute approximate surface area is 230 Å². The Kier molecular flexibility index (Phi) is 8.64. The van der Waals surface area contributed by atoms with Gasteiger partial charge in [-0.3, -0.25) is 14.4 Å². The minimum atomic E-state index is -0.767. The van der Waals surface area contributed by atoms with Crippen molar-refractivity contribution in [1.29, 1.82) is 0 Å². The Bertz CT molecular complexity index is 1270. The van der Waals surface area contributed by atoms with Gasteiger partial charge in [0.15, 0.2) is 11.5 Å². The van der Waals surface area contributed by atoms with Crippen LogP contribution >= 0.6 is 0 Å². The number of aromatic nitrogens is 2. The number of hydrogen-bond acceptors (Lipinski definition) is 7. The van der Waals surface area contributed by atoms with E-state index in [1.807, 2.05) is 50.2 Å². The van der Waals surface area contributed by atoms with Crippen LogP contribution in [-0.2, 0) is 22.4 Å². The average molecular weight is 534 g/mol. The molecule has 10 nitrogen and oxygen atoms in total. The molecular formula is C29H39N7O3. The molecule has 2 fully saturated rings. The first-order chi connectivity index (χ1) is 18.6. The first kappa shape index (κ1) is 28.2. The standard InChI is InChI=1S/C29H39N7O3/c1-5-22-24(20-11-12-20)34-27(25(33-22)26(30)38)32-21-9-6-8-19(18-21)13-16-31-28(39)29(14-15-29)36(4)23(37)10-7-17-35(2)3/h6-10,18,20H,5,11-17H2,1-4H3,(H2,30,38)(H,31,39)(H,32,34)/b10-7+. The van der Waals surface area contributed by atoms with Gasteiger partial charge in [0.2, 0.25) is 11.8 Å². The molecule has 208 valence electrons. The molecule has 1 aromatic heterocycles. The second kappa shape index (κ2) is 11.9. The van der Waals surface area contributed by atoms with Gasteiger partial charge in [0, 0.05) is 37.8 Å². The van der Waals surface area contributed by atoms with Gasteiger partial charge in [0.25, 0.3) is 5.91 Å². The van der Waals surface area contributed by atoms with Gasteiger partial charge in [-0.25, -0.2) is 9.97 Å². The van der Waals surface area contributed by atoms with E-state index < -0.39 is 11.4 Å². The van der Waals surface area contributed by atoms with Crippen LogP contribution in [0.4, 0.5) is 11.5 Å². The number of aryl methyl sites for hydroxylation is 1. The summed E-state index contributed by atoms with van der Waals surface area (Å²) < 4.78 is 0. The second-order valence-corrected chi connectivity index (χ2v) is 10.7. The molecule has 0 bridgehead atoms. The number of nitrogens with two attached hydrogens (primary N) is 1. The average Bonchev–Trinajstić information content (AvgIpc) is 3.82. The topological polar surface area (TPSA) is 134 Å². The van der Waals surface area contributed by atoms with Gasteiger partial charge >= 0.3 is 0 Å². The zero-order chi connectivity index (χ0) is 28.2. The largest absolute Gasteiger partial charge is 0.364 e. The Balaban J connectivity index is 1.37. The van der Waals surface area contributed by atoms with E-state index in [4.69, 9.17) is 10.7 Å². The highest BCUT2D eigenvalue weighted by molar-refractivity contribution is 5.97. The fourth-order valence-electron chi connectivity index (χ4n) is 4.63. The van der Waals surface area contributed by atoms with Gasteiger partial charge in [-0.2, -0.15) is 0 Å². The Morgan fingerprint density at radius 2 is 1.90 bits per heavy atom. The van der Waals surface area contributed by atoms with Crippen molar-refractivity contribution in [2.24, 2.45) is 5.73 Å². The van der Waals surface area contributed by atoms with Crippen molar-refractivity contribution in [2.75, 3.05) is 39.5 Å². The number of primary amides is 1. The third-order valence-electron chi connectivity index (χ3n) is 7.27. The van der Waals surface area contributed by atoms with Gasteiger partial charge in [-0.1, -0.05) is 25.1 Å². The van der Waals surface area contributed by atoms with E-state index >= 15 is 0 Å². The quantitative estimate of drug-likeness (QED) is 0.337. The molecule has 2 aliphatic carbocycles. The number of rotatable bonds is 13. The van der Waals surface area contributed by atoms with Crippen molar-refractivity contribution in [3.63, 3.8) is 0 Å². The van der Waals surface area contributed by atoms with Crippen molar-refractivity contribution in [2.45, 2.75) is 56.9 Å². The summed E-state index contributed by atoms with van der Waals surface area (Å²) in [5.74, 6) is -0.151. The normalized spacial score (nSPS) is 15.8. The maximum Gasteiger partial charge on any atom is 0.271 e. The Morgan fingerprint density at radius 1 is 1.15 bits per heavy atom. The second-order valence-electron chi connectivity index (χ2n) is 10.7. The lowest BCUT2D eigenvalue weighted by Gasteiger charge is -2.26. The first-order valence-electron chi connectivity index (χ1n) is 13.6. The smallest absolute Gasteiger partial charge is 0.271 e. The fourth-order valence-corrected chi connectivity index (χ4v) is 4.63. The molecular weight excluding hydrogens is 494 g/mol. The molecule has 4 N–H and O–H groups in total. The van der Waals surface area contributed by atoms with Crippen LogP contribution in [0.1, 0.15) is 66.0 Å². The van der Waals surface area contributed by atoms with Crippen molar-refractivity contribution >= 4 is 29.2 Å². The highest BCUT2D eigenvalue weighted by Gasteiger charge is 2.54. The van der Waals surface area contributed by atoms with Crippen molar-refractivity contribution in [3.8, 4) is 0 Å². The van der Waals surface area contributed by atoms with Crippen LogP contribution in [-0.4, -0.2) is 77.3 Å². The maximum absolute atomic E-state index is 13.0. The summed E-state index contributed by atoms with van der Waals surface area (Å²) in [5.41, 5.74) is 8.52. The van der Waals surface area contributed by atoms with Crippen LogP contribution in [0.3, 0.4) is 0 Å². The predicted molar refractivity (Wildman–Crippen MR) is 151 cm³/mol. The Morgan fingerprint density at radius 3 is 2.51 bits per heavy atom. The summed E-state index contributed by atoms with van der Waals surface area (Å²) in [5, 5.41) is 6.25. The molecule has 2 aliphatic rings. The molecule has 1 heterocycles. The number of anilines is 2. The van der Waals surface area contributed by atoms with Crippen LogP contribution in [0.2, 0.25) is 0 Å². The monoisotopic (exact) mass is 533 g/mol. The van der Waals surface area contributed by atoms with E-state index in [0.717, 1.165) is 35.5 Å². The summed E-state index contributed by atoms with van der Waals surface area (Å²) in [6, 6.07) is 7.74. The van der Waals surface area contributed by atoms with Crippen LogP contribution in [0, 0.1) is 0 Å². The minimum absolute atomic E-state index is 0.126. The van der Waals surface area contributed by atoms with E-state index in [-0.39, 0.29) is 17.5 Å². The molecule has 2 saturated carbocycles. The molecule has 0 spiro atoms. The van der Waals surface area contributed by atoms with Crippen LogP contribution in [0.15, 0.2) is 36.4 Å². The Hall–Kier alpha value is -3.79.